The van der Waals surface area contributed by atoms with Crippen LogP contribution in [0.3, 0.4) is 0 Å². The summed E-state index contributed by atoms with van der Waals surface area (Å²) >= 11 is 0. The van der Waals surface area contributed by atoms with Crippen LogP contribution >= 0.6 is 0 Å². The molecule has 0 aliphatic carbocycles. The maximum Gasteiger partial charge on any atom is 0.158 e. The van der Waals surface area contributed by atoms with E-state index < -0.39 is 0 Å². The van der Waals surface area contributed by atoms with Crippen molar-refractivity contribution in [3.8, 4) is 0 Å². The third-order valence-corrected chi connectivity index (χ3v) is 2.81. The van der Waals surface area contributed by atoms with Gasteiger partial charge in [-0.05, 0) is 37.6 Å². The van der Waals surface area contributed by atoms with Crippen molar-refractivity contribution in [3.05, 3.63) is 41.5 Å². The first kappa shape index (κ1) is 15.1. The second-order valence-electron chi connectivity index (χ2n) is 4.42. The number of rotatable bonds is 6. The third-order valence-electron chi connectivity index (χ3n) is 2.81. The molecule has 2 aromatic rings. The van der Waals surface area contributed by atoms with E-state index in [1.807, 2.05) is 13.8 Å². The number of nitrogens with zero attached hydrogens (tertiary/aromatic N) is 2. The number of nitrogens with one attached hydrogen (secondary N) is 2. The first-order valence-corrected chi connectivity index (χ1v) is 6.58. The molecule has 0 bridgehead atoms. The fraction of sp³-hybridized carbons (Fsp3) is 0.286. The first-order valence-electron chi connectivity index (χ1n) is 6.58. The minimum Gasteiger partial charge on any atom is -0.374 e. The average Bonchev–Trinajstić information content (AvgIpc) is 2.48. The minimum absolute atomic E-state index is 0.276. The lowest BCUT2D eigenvalue weighted by Crippen LogP contribution is -2.12. The van der Waals surface area contributed by atoms with Crippen molar-refractivity contribution < 1.29 is 9.13 Å². The van der Waals surface area contributed by atoms with Crippen LogP contribution in [0.2, 0.25) is 0 Å². The predicted octanol–water partition coefficient (Wildman–Crippen LogP) is 2.49. The molecule has 0 aliphatic rings. The molecular formula is C14H18FN5O. The van der Waals surface area contributed by atoms with Gasteiger partial charge in [-0.2, -0.15) is 0 Å². The Morgan fingerprint density at radius 1 is 1.24 bits per heavy atom. The van der Waals surface area contributed by atoms with Crippen LogP contribution in [-0.4, -0.2) is 16.6 Å². The van der Waals surface area contributed by atoms with Crippen LogP contribution in [-0.2, 0) is 11.3 Å². The maximum absolute atomic E-state index is 13.1. The van der Waals surface area contributed by atoms with E-state index in [0.29, 0.717) is 30.7 Å². The Kier molecular flexibility index (Phi) is 5.02. The SMILES string of the molecule is CCOCc1nc(NN)cc(Nc2ccc(F)cc2C)n1. The van der Waals surface area contributed by atoms with Crippen LogP contribution in [0.1, 0.15) is 18.3 Å². The molecule has 21 heavy (non-hydrogen) atoms. The Morgan fingerprint density at radius 2 is 2.00 bits per heavy atom. The van der Waals surface area contributed by atoms with E-state index in [9.17, 15) is 4.39 Å². The summed E-state index contributed by atoms with van der Waals surface area (Å²) in [5, 5.41) is 3.12. The van der Waals surface area contributed by atoms with Gasteiger partial charge >= 0.3 is 0 Å². The summed E-state index contributed by atoms with van der Waals surface area (Å²) in [7, 11) is 0. The summed E-state index contributed by atoms with van der Waals surface area (Å²) in [5.41, 5.74) is 4.03. The van der Waals surface area contributed by atoms with Crippen LogP contribution in [0.15, 0.2) is 24.3 Å². The highest BCUT2D eigenvalue weighted by molar-refractivity contribution is 5.62. The van der Waals surface area contributed by atoms with E-state index in [0.717, 1.165) is 11.3 Å². The van der Waals surface area contributed by atoms with Crippen molar-refractivity contribution in [1.29, 1.82) is 0 Å². The van der Waals surface area contributed by atoms with Crippen molar-refractivity contribution in [1.82, 2.24) is 9.97 Å². The molecule has 0 unspecified atom stereocenters. The topological polar surface area (TPSA) is 85.1 Å². The van der Waals surface area contributed by atoms with Gasteiger partial charge in [-0.15, -0.1) is 0 Å². The summed E-state index contributed by atoms with van der Waals surface area (Å²) in [6.45, 7) is 4.58. The summed E-state index contributed by atoms with van der Waals surface area (Å²) in [4.78, 5) is 8.54. The molecule has 4 N–H and O–H groups in total. The molecule has 6 nitrogen and oxygen atoms in total. The lowest BCUT2D eigenvalue weighted by atomic mass is 10.2. The Hall–Kier alpha value is -2.25. The number of nitrogen functional groups attached to an aromatic ring is 1. The van der Waals surface area contributed by atoms with E-state index in [1.165, 1.54) is 12.1 Å². The predicted molar refractivity (Wildman–Crippen MR) is 79.6 cm³/mol. The van der Waals surface area contributed by atoms with Gasteiger partial charge in [0.25, 0.3) is 0 Å². The molecule has 0 fully saturated rings. The average molecular weight is 291 g/mol. The molecule has 0 saturated heterocycles. The smallest absolute Gasteiger partial charge is 0.158 e. The minimum atomic E-state index is -0.276. The largest absolute Gasteiger partial charge is 0.374 e. The maximum atomic E-state index is 13.1. The van der Waals surface area contributed by atoms with Gasteiger partial charge in [0.05, 0.1) is 0 Å². The normalized spacial score (nSPS) is 10.5. The van der Waals surface area contributed by atoms with Crippen molar-refractivity contribution in [2.75, 3.05) is 17.3 Å². The zero-order valence-electron chi connectivity index (χ0n) is 12.0. The fourth-order valence-electron chi connectivity index (χ4n) is 1.80. The molecular weight excluding hydrogens is 273 g/mol. The number of hydrazine groups is 1. The highest BCUT2D eigenvalue weighted by atomic mass is 19.1. The number of hydrogen-bond acceptors (Lipinski definition) is 6. The van der Waals surface area contributed by atoms with E-state index >= 15 is 0 Å². The fourth-order valence-corrected chi connectivity index (χ4v) is 1.80. The van der Waals surface area contributed by atoms with Gasteiger partial charge in [-0.25, -0.2) is 20.2 Å². The van der Waals surface area contributed by atoms with Crippen LogP contribution in [0.25, 0.3) is 0 Å². The van der Waals surface area contributed by atoms with Crippen LogP contribution < -0.4 is 16.6 Å². The number of halogens is 1. The van der Waals surface area contributed by atoms with Gasteiger partial charge in [0.2, 0.25) is 0 Å². The van der Waals surface area contributed by atoms with Crippen molar-refractivity contribution in [3.63, 3.8) is 0 Å². The first-order chi connectivity index (χ1) is 10.1. The third kappa shape index (κ3) is 4.11. The Balaban J connectivity index is 2.25. The zero-order chi connectivity index (χ0) is 15.2. The molecule has 112 valence electrons. The standard InChI is InChI=1S/C14H18FN5O/c1-3-21-8-14-18-12(7-13(19-14)20-16)17-11-5-4-10(15)6-9(11)2/h4-7H,3,8,16H2,1-2H3,(H2,17,18,19,20). The molecule has 1 heterocycles. The van der Waals surface area contributed by atoms with E-state index in [4.69, 9.17) is 10.6 Å². The monoisotopic (exact) mass is 291 g/mol. The number of aryl methyl sites for hydroxylation is 1. The molecule has 2 rings (SSSR count). The molecule has 0 saturated carbocycles. The van der Waals surface area contributed by atoms with E-state index in [2.05, 4.69) is 20.7 Å². The van der Waals surface area contributed by atoms with Crippen molar-refractivity contribution >= 4 is 17.3 Å². The zero-order valence-corrected chi connectivity index (χ0v) is 12.0. The van der Waals surface area contributed by atoms with Crippen molar-refractivity contribution in [2.45, 2.75) is 20.5 Å². The molecule has 0 radical (unpaired) electrons. The summed E-state index contributed by atoms with van der Waals surface area (Å²) in [5.74, 6) is 6.67. The molecule has 0 aliphatic heterocycles. The molecule has 0 amide bonds. The van der Waals surface area contributed by atoms with E-state index in [1.54, 1.807) is 12.1 Å². The number of benzene rings is 1. The summed E-state index contributed by atoms with van der Waals surface area (Å²) in [6, 6.07) is 6.16. The Bertz CT molecular complexity index is 620. The van der Waals surface area contributed by atoms with Gasteiger partial charge in [0.1, 0.15) is 24.1 Å². The van der Waals surface area contributed by atoms with Gasteiger partial charge < -0.3 is 15.5 Å². The van der Waals surface area contributed by atoms with Gasteiger partial charge in [0, 0.05) is 18.4 Å². The lowest BCUT2D eigenvalue weighted by Gasteiger charge is -2.11. The van der Waals surface area contributed by atoms with Crippen LogP contribution in [0.4, 0.5) is 21.7 Å². The Labute approximate surface area is 122 Å². The molecule has 1 aromatic carbocycles. The second-order valence-corrected chi connectivity index (χ2v) is 4.42. The number of anilines is 3. The number of hydrogen-bond donors (Lipinski definition) is 3. The molecule has 1 aromatic heterocycles. The van der Waals surface area contributed by atoms with Crippen LogP contribution in [0.5, 0.6) is 0 Å². The highest BCUT2D eigenvalue weighted by Crippen LogP contribution is 2.21. The van der Waals surface area contributed by atoms with Crippen molar-refractivity contribution in [2.24, 2.45) is 5.84 Å². The van der Waals surface area contributed by atoms with Gasteiger partial charge in [-0.3, -0.25) is 0 Å². The van der Waals surface area contributed by atoms with Gasteiger partial charge in [-0.1, -0.05) is 0 Å². The molecule has 7 heteroatoms. The van der Waals surface area contributed by atoms with Gasteiger partial charge in [0.15, 0.2) is 5.82 Å². The quantitative estimate of drug-likeness (QED) is 0.560. The molecule has 0 atom stereocenters. The summed E-state index contributed by atoms with van der Waals surface area (Å²) in [6.07, 6.45) is 0. The lowest BCUT2D eigenvalue weighted by molar-refractivity contribution is 0.128. The number of aromatic nitrogens is 2. The summed E-state index contributed by atoms with van der Waals surface area (Å²) < 4.78 is 18.4. The second kappa shape index (κ2) is 6.96. The number of nitrogens with two attached hydrogens (primary N) is 1. The highest BCUT2D eigenvalue weighted by Gasteiger charge is 2.06. The number of ether oxygens (including phenoxy) is 1. The van der Waals surface area contributed by atoms with Crippen LogP contribution in [0, 0.1) is 12.7 Å². The molecule has 0 spiro atoms. The van der Waals surface area contributed by atoms with E-state index in [-0.39, 0.29) is 5.82 Å². The Morgan fingerprint density at radius 3 is 2.67 bits per heavy atom.